The lowest BCUT2D eigenvalue weighted by Gasteiger charge is -2.10. The third-order valence-electron chi connectivity index (χ3n) is 3.48. The molecular formula is C19H25NO. The van der Waals surface area contributed by atoms with E-state index < -0.39 is 0 Å². The average Bonchev–Trinajstić information content (AvgIpc) is 2.47. The molecule has 0 unspecified atom stereocenters. The third kappa shape index (κ3) is 5.24. The number of benzene rings is 2. The fourth-order valence-electron chi connectivity index (χ4n) is 2.19. The summed E-state index contributed by atoms with van der Waals surface area (Å²) in [7, 11) is 0. The van der Waals surface area contributed by atoms with E-state index in [0.717, 1.165) is 18.7 Å². The van der Waals surface area contributed by atoms with Gasteiger partial charge in [-0.05, 0) is 42.6 Å². The van der Waals surface area contributed by atoms with Gasteiger partial charge in [-0.3, -0.25) is 0 Å². The summed E-state index contributed by atoms with van der Waals surface area (Å²) >= 11 is 0. The highest BCUT2D eigenvalue weighted by molar-refractivity contribution is 5.32. The van der Waals surface area contributed by atoms with Crippen molar-refractivity contribution in [3.63, 3.8) is 0 Å². The molecule has 0 heterocycles. The number of para-hydroxylation sites is 1. The number of ether oxygens (including phenoxy) is 1. The van der Waals surface area contributed by atoms with Gasteiger partial charge in [-0.25, -0.2) is 0 Å². The first-order chi connectivity index (χ1) is 10.1. The van der Waals surface area contributed by atoms with E-state index in [4.69, 9.17) is 4.74 Å². The Labute approximate surface area is 128 Å². The van der Waals surface area contributed by atoms with Gasteiger partial charge in [-0.15, -0.1) is 0 Å². The second-order valence-electron chi connectivity index (χ2n) is 5.73. The summed E-state index contributed by atoms with van der Waals surface area (Å²) in [6, 6.07) is 17.4. The van der Waals surface area contributed by atoms with E-state index in [2.05, 4.69) is 56.4 Å². The molecule has 0 atom stereocenters. The van der Waals surface area contributed by atoms with Gasteiger partial charge >= 0.3 is 0 Å². The van der Waals surface area contributed by atoms with Crippen LogP contribution in [-0.4, -0.2) is 12.6 Å². The molecule has 2 rings (SSSR count). The van der Waals surface area contributed by atoms with Crippen LogP contribution < -0.4 is 10.1 Å². The maximum absolute atomic E-state index is 5.86. The lowest BCUT2D eigenvalue weighted by Crippen LogP contribution is -2.24. The van der Waals surface area contributed by atoms with Crippen LogP contribution in [0.1, 0.15) is 30.5 Å². The topological polar surface area (TPSA) is 21.3 Å². The van der Waals surface area contributed by atoms with E-state index in [1.54, 1.807) is 0 Å². The Morgan fingerprint density at radius 2 is 1.62 bits per heavy atom. The Hall–Kier alpha value is -1.80. The highest BCUT2D eigenvalue weighted by atomic mass is 16.5. The quantitative estimate of drug-likeness (QED) is 0.825. The molecule has 2 heteroatoms. The molecule has 112 valence electrons. The van der Waals surface area contributed by atoms with Crippen molar-refractivity contribution in [2.75, 3.05) is 6.54 Å². The van der Waals surface area contributed by atoms with E-state index in [0.29, 0.717) is 12.6 Å². The molecule has 21 heavy (non-hydrogen) atoms. The van der Waals surface area contributed by atoms with E-state index in [9.17, 15) is 0 Å². The molecule has 0 amide bonds. The lowest BCUT2D eigenvalue weighted by atomic mass is 10.1. The maximum atomic E-state index is 5.86. The fraction of sp³-hybridized carbons (Fsp3) is 0.368. The first-order valence-electron chi connectivity index (χ1n) is 7.65. The molecule has 1 N–H and O–H groups in total. The Kier molecular flexibility index (Phi) is 5.82. The zero-order valence-corrected chi connectivity index (χ0v) is 13.2. The highest BCUT2D eigenvalue weighted by Gasteiger charge is 2.00. The molecule has 2 nitrogen and oxygen atoms in total. The summed E-state index contributed by atoms with van der Waals surface area (Å²) in [5, 5.41) is 3.44. The number of aryl methyl sites for hydroxylation is 1. The molecule has 0 aromatic heterocycles. The van der Waals surface area contributed by atoms with Crippen molar-refractivity contribution in [2.45, 2.75) is 39.8 Å². The normalized spacial score (nSPS) is 10.9. The zero-order chi connectivity index (χ0) is 15.1. The molecule has 2 aromatic rings. The second kappa shape index (κ2) is 7.84. The Balaban J connectivity index is 1.84. The van der Waals surface area contributed by atoms with Crippen molar-refractivity contribution in [1.29, 1.82) is 0 Å². The van der Waals surface area contributed by atoms with Gasteiger partial charge in [0.05, 0.1) is 0 Å². The molecule has 0 aliphatic rings. The molecule has 0 bridgehead atoms. The summed E-state index contributed by atoms with van der Waals surface area (Å²) in [6.07, 6.45) is 1.07. The molecule has 0 spiro atoms. The highest BCUT2D eigenvalue weighted by Crippen LogP contribution is 2.18. The van der Waals surface area contributed by atoms with Crippen LogP contribution in [0.5, 0.6) is 5.75 Å². The van der Waals surface area contributed by atoms with Crippen LogP contribution in [0.25, 0.3) is 0 Å². The van der Waals surface area contributed by atoms with Crippen LogP contribution in [0.4, 0.5) is 0 Å². The van der Waals surface area contributed by atoms with E-state index in [-0.39, 0.29) is 0 Å². The fourth-order valence-corrected chi connectivity index (χ4v) is 2.19. The Morgan fingerprint density at radius 3 is 2.29 bits per heavy atom. The molecule has 0 aliphatic heterocycles. The molecule has 0 fully saturated rings. The number of nitrogens with one attached hydrogen (secondary N) is 1. The van der Waals surface area contributed by atoms with Crippen LogP contribution >= 0.6 is 0 Å². The molecular weight excluding hydrogens is 258 g/mol. The largest absolute Gasteiger partial charge is 0.489 e. The van der Waals surface area contributed by atoms with Gasteiger partial charge in [0.2, 0.25) is 0 Å². The minimum Gasteiger partial charge on any atom is -0.489 e. The van der Waals surface area contributed by atoms with E-state index in [1.807, 2.05) is 18.2 Å². The van der Waals surface area contributed by atoms with Crippen molar-refractivity contribution >= 4 is 0 Å². The first-order valence-corrected chi connectivity index (χ1v) is 7.65. The van der Waals surface area contributed by atoms with Crippen LogP contribution in [0, 0.1) is 6.92 Å². The minimum atomic E-state index is 0.548. The first kappa shape index (κ1) is 15.6. The summed E-state index contributed by atoms with van der Waals surface area (Å²) in [4.78, 5) is 0. The second-order valence-corrected chi connectivity index (χ2v) is 5.73. The Bertz CT molecular complexity index is 546. The number of rotatable bonds is 7. The van der Waals surface area contributed by atoms with Crippen molar-refractivity contribution in [3.05, 3.63) is 65.2 Å². The molecule has 0 saturated carbocycles. The van der Waals surface area contributed by atoms with Crippen molar-refractivity contribution in [1.82, 2.24) is 5.32 Å². The van der Waals surface area contributed by atoms with Gasteiger partial charge < -0.3 is 10.1 Å². The smallest absolute Gasteiger partial charge is 0.122 e. The van der Waals surface area contributed by atoms with Gasteiger partial charge in [0.15, 0.2) is 0 Å². The summed E-state index contributed by atoms with van der Waals surface area (Å²) in [5.41, 5.74) is 3.75. The predicted octanol–water partition coefficient (Wildman–Crippen LogP) is 4.11. The standard InChI is InChI=1S/C19H25NO/c1-15(2)20-13-12-17-8-10-18(11-9-17)14-21-19-7-5-4-6-16(19)3/h4-11,15,20H,12-14H2,1-3H3. The van der Waals surface area contributed by atoms with Crippen LogP contribution in [0.2, 0.25) is 0 Å². The van der Waals surface area contributed by atoms with Crippen LogP contribution in [0.3, 0.4) is 0 Å². The van der Waals surface area contributed by atoms with E-state index >= 15 is 0 Å². The van der Waals surface area contributed by atoms with Crippen molar-refractivity contribution < 1.29 is 4.74 Å². The third-order valence-corrected chi connectivity index (χ3v) is 3.48. The minimum absolute atomic E-state index is 0.548. The number of hydrogen-bond donors (Lipinski definition) is 1. The van der Waals surface area contributed by atoms with E-state index in [1.165, 1.54) is 16.7 Å². The Morgan fingerprint density at radius 1 is 0.952 bits per heavy atom. The predicted molar refractivity (Wildman–Crippen MR) is 88.8 cm³/mol. The summed E-state index contributed by atoms with van der Waals surface area (Å²) in [6.45, 7) is 8.06. The summed E-state index contributed by atoms with van der Waals surface area (Å²) < 4.78 is 5.86. The van der Waals surface area contributed by atoms with Crippen LogP contribution in [-0.2, 0) is 13.0 Å². The molecule has 0 radical (unpaired) electrons. The maximum Gasteiger partial charge on any atom is 0.122 e. The van der Waals surface area contributed by atoms with Gasteiger partial charge in [-0.2, -0.15) is 0 Å². The van der Waals surface area contributed by atoms with Gasteiger partial charge in [0, 0.05) is 6.04 Å². The van der Waals surface area contributed by atoms with Crippen LogP contribution in [0.15, 0.2) is 48.5 Å². The molecule has 0 saturated heterocycles. The monoisotopic (exact) mass is 283 g/mol. The zero-order valence-electron chi connectivity index (χ0n) is 13.2. The SMILES string of the molecule is Cc1ccccc1OCc1ccc(CCNC(C)C)cc1. The van der Waals surface area contributed by atoms with Crippen molar-refractivity contribution in [2.24, 2.45) is 0 Å². The average molecular weight is 283 g/mol. The van der Waals surface area contributed by atoms with Gasteiger partial charge in [-0.1, -0.05) is 56.3 Å². The lowest BCUT2D eigenvalue weighted by molar-refractivity contribution is 0.304. The van der Waals surface area contributed by atoms with Gasteiger partial charge in [0.25, 0.3) is 0 Å². The molecule has 0 aliphatic carbocycles. The molecule has 2 aromatic carbocycles. The summed E-state index contributed by atoms with van der Waals surface area (Å²) in [5.74, 6) is 0.961. The van der Waals surface area contributed by atoms with Crippen molar-refractivity contribution in [3.8, 4) is 5.75 Å². The van der Waals surface area contributed by atoms with Gasteiger partial charge in [0.1, 0.15) is 12.4 Å². The number of hydrogen-bond acceptors (Lipinski definition) is 2.